The number of nitrogens with one attached hydrogen (secondary N) is 2. The highest BCUT2D eigenvalue weighted by Crippen LogP contribution is 2.17. The Hall–Kier alpha value is -1.38. The van der Waals surface area contributed by atoms with Crippen LogP contribution >= 0.6 is 35.6 Å². The van der Waals surface area contributed by atoms with Crippen molar-refractivity contribution in [3.8, 4) is 0 Å². The van der Waals surface area contributed by atoms with Gasteiger partial charge in [0.25, 0.3) is 0 Å². The summed E-state index contributed by atoms with van der Waals surface area (Å²) in [5, 5.41) is 7.31. The molecule has 1 aromatic carbocycles. The van der Waals surface area contributed by atoms with Crippen LogP contribution in [0.4, 0.5) is 0 Å². The van der Waals surface area contributed by atoms with Crippen LogP contribution in [0.15, 0.2) is 53.7 Å². The molecule has 2 aromatic rings. The van der Waals surface area contributed by atoms with E-state index < -0.39 is 0 Å². The average Bonchev–Trinajstić information content (AvgIpc) is 3.20. The van der Waals surface area contributed by atoms with Crippen molar-refractivity contribution in [3.05, 3.63) is 64.9 Å². The van der Waals surface area contributed by atoms with Crippen LogP contribution in [0.1, 0.15) is 24.5 Å². The Bertz CT molecular complexity index is 754. The quantitative estimate of drug-likeness (QED) is 0.218. The number of hydrogen-bond acceptors (Lipinski definition) is 3. The molecule has 1 unspecified atom stereocenters. The third kappa shape index (κ3) is 8.78. The van der Waals surface area contributed by atoms with Crippen LogP contribution in [0, 0.1) is 5.92 Å². The number of hydrogen-bond donors (Lipinski definition) is 2. The van der Waals surface area contributed by atoms with Gasteiger partial charge in [-0.25, -0.2) is 4.98 Å². The molecule has 2 heterocycles. The SMILES string of the molecule is CCNC(=NCC1CCN(CCc2ccccc2)C1)NCCc1ccc(Cl)nc1.I. The van der Waals surface area contributed by atoms with Crippen LogP contribution in [0.2, 0.25) is 5.15 Å². The summed E-state index contributed by atoms with van der Waals surface area (Å²) >= 11 is 5.84. The molecule has 0 bridgehead atoms. The number of nitrogens with zero attached hydrogens (tertiary/aromatic N) is 3. The topological polar surface area (TPSA) is 52.6 Å². The van der Waals surface area contributed by atoms with E-state index in [1.807, 2.05) is 18.3 Å². The zero-order valence-electron chi connectivity index (χ0n) is 17.7. The van der Waals surface area contributed by atoms with Gasteiger partial charge in [-0.1, -0.05) is 48.0 Å². The highest BCUT2D eigenvalue weighted by atomic mass is 127. The van der Waals surface area contributed by atoms with Gasteiger partial charge in [0.05, 0.1) is 0 Å². The molecule has 0 amide bonds. The highest BCUT2D eigenvalue weighted by molar-refractivity contribution is 14.0. The Balaban J connectivity index is 0.00000320. The molecule has 0 aliphatic carbocycles. The van der Waals surface area contributed by atoms with Crippen LogP contribution < -0.4 is 10.6 Å². The maximum atomic E-state index is 5.84. The molecule has 1 atom stereocenters. The molecule has 1 aromatic heterocycles. The number of halogens is 2. The second-order valence-electron chi connectivity index (χ2n) is 7.58. The summed E-state index contributed by atoms with van der Waals surface area (Å²) < 4.78 is 0. The Morgan fingerprint density at radius 2 is 1.97 bits per heavy atom. The number of rotatable bonds is 9. The van der Waals surface area contributed by atoms with Crippen molar-refractivity contribution in [1.29, 1.82) is 0 Å². The molecule has 1 fully saturated rings. The zero-order valence-corrected chi connectivity index (χ0v) is 20.8. The van der Waals surface area contributed by atoms with Crippen LogP contribution in [0.25, 0.3) is 0 Å². The lowest BCUT2D eigenvalue weighted by Gasteiger charge is -2.16. The van der Waals surface area contributed by atoms with Gasteiger partial charge >= 0.3 is 0 Å². The van der Waals surface area contributed by atoms with Crippen LogP contribution in [-0.4, -0.2) is 55.1 Å². The lowest BCUT2D eigenvalue weighted by molar-refractivity contribution is 0.329. The molecular formula is C23H33ClIN5. The van der Waals surface area contributed by atoms with Gasteiger partial charge < -0.3 is 15.5 Å². The minimum atomic E-state index is 0. The van der Waals surface area contributed by atoms with Crippen molar-refractivity contribution in [2.75, 3.05) is 39.3 Å². The number of guanidine groups is 1. The van der Waals surface area contributed by atoms with Gasteiger partial charge in [-0.15, -0.1) is 24.0 Å². The summed E-state index contributed by atoms with van der Waals surface area (Å²) in [6, 6.07) is 14.6. The zero-order chi connectivity index (χ0) is 20.3. The standard InChI is InChI=1S/C23H32ClN5.HI/c1-2-25-23(26-13-10-20-8-9-22(24)27-16-20)28-17-21-12-15-29(18-21)14-11-19-6-4-3-5-7-19;/h3-9,16,21H,2,10-15,17-18H2,1H3,(H2,25,26,28);1H. The summed E-state index contributed by atoms with van der Waals surface area (Å²) in [5.74, 6) is 1.54. The summed E-state index contributed by atoms with van der Waals surface area (Å²) in [4.78, 5) is 11.5. The lowest BCUT2D eigenvalue weighted by Crippen LogP contribution is -2.38. The smallest absolute Gasteiger partial charge is 0.191 e. The number of pyridine rings is 1. The number of benzene rings is 1. The van der Waals surface area contributed by atoms with Crippen molar-refractivity contribution in [1.82, 2.24) is 20.5 Å². The summed E-state index contributed by atoms with van der Waals surface area (Å²) in [6.07, 6.45) is 5.08. The fourth-order valence-electron chi connectivity index (χ4n) is 3.64. The maximum Gasteiger partial charge on any atom is 0.191 e. The van der Waals surface area contributed by atoms with Crippen LogP contribution in [-0.2, 0) is 12.8 Å². The first kappa shape index (κ1) is 24.9. The van der Waals surface area contributed by atoms with Gasteiger partial charge in [-0.2, -0.15) is 0 Å². The molecule has 0 saturated carbocycles. The number of aliphatic imine (C=N–C) groups is 1. The first-order valence-electron chi connectivity index (χ1n) is 10.6. The minimum absolute atomic E-state index is 0. The molecule has 5 nitrogen and oxygen atoms in total. The van der Waals surface area contributed by atoms with E-state index >= 15 is 0 Å². The summed E-state index contributed by atoms with van der Waals surface area (Å²) in [5.41, 5.74) is 2.59. The van der Waals surface area contributed by atoms with Gasteiger partial charge in [0.1, 0.15) is 5.15 Å². The summed E-state index contributed by atoms with van der Waals surface area (Å²) in [7, 11) is 0. The summed E-state index contributed by atoms with van der Waals surface area (Å²) in [6.45, 7) is 8.12. The molecule has 2 N–H and O–H groups in total. The Labute approximate surface area is 202 Å². The van der Waals surface area contributed by atoms with Crippen LogP contribution in [0.3, 0.4) is 0 Å². The van der Waals surface area contributed by atoms with Gasteiger partial charge in [-0.05, 0) is 55.8 Å². The molecule has 0 radical (unpaired) electrons. The molecule has 7 heteroatoms. The molecule has 1 aliphatic rings. The van der Waals surface area contributed by atoms with Crippen molar-refractivity contribution in [2.24, 2.45) is 10.9 Å². The molecule has 30 heavy (non-hydrogen) atoms. The van der Waals surface area contributed by atoms with Crippen LogP contribution in [0.5, 0.6) is 0 Å². The first-order chi connectivity index (χ1) is 14.2. The molecule has 164 valence electrons. The van der Waals surface area contributed by atoms with E-state index in [4.69, 9.17) is 16.6 Å². The molecule has 3 rings (SSSR count). The van der Waals surface area contributed by atoms with Gasteiger partial charge in [-0.3, -0.25) is 4.99 Å². The van der Waals surface area contributed by atoms with Gasteiger partial charge in [0.2, 0.25) is 0 Å². The van der Waals surface area contributed by atoms with Gasteiger partial charge in [0, 0.05) is 38.9 Å². The second kappa shape index (κ2) is 13.8. The Kier molecular flexibility index (Phi) is 11.5. The van der Waals surface area contributed by atoms with E-state index in [2.05, 4.69) is 57.8 Å². The molecule has 0 spiro atoms. The molecular weight excluding hydrogens is 509 g/mol. The normalized spacial score (nSPS) is 16.9. The second-order valence-corrected chi connectivity index (χ2v) is 7.96. The van der Waals surface area contributed by atoms with E-state index in [0.29, 0.717) is 11.1 Å². The molecule has 1 aliphatic heterocycles. The fourth-order valence-corrected chi connectivity index (χ4v) is 3.75. The number of likely N-dealkylation sites (tertiary alicyclic amines) is 1. The van der Waals surface area contributed by atoms with Crippen molar-refractivity contribution in [3.63, 3.8) is 0 Å². The minimum Gasteiger partial charge on any atom is -0.357 e. The number of aromatic nitrogens is 1. The van der Waals surface area contributed by atoms with E-state index in [9.17, 15) is 0 Å². The first-order valence-corrected chi connectivity index (χ1v) is 11.0. The van der Waals surface area contributed by atoms with E-state index in [1.54, 1.807) is 0 Å². The Morgan fingerprint density at radius 1 is 1.13 bits per heavy atom. The Morgan fingerprint density at radius 3 is 2.70 bits per heavy atom. The van der Waals surface area contributed by atoms with Crippen molar-refractivity contribution < 1.29 is 0 Å². The maximum absolute atomic E-state index is 5.84. The monoisotopic (exact) mass is 541 g/mol. The van der Waals surface area contributed by atoms with E-state index in [1.165, 1.54) is 24.1 Å². The lowest BCUT2D eigenvalue weighted by atomic mass is 10.1. The average molecular weight is 542 g/mol. The predicted octanol–water partition coefficient (Wildman–Crippen LogP) is 4.02. The third-order valence-electron chi connectivity index (χ3n) is 5.28. The predicted molar refractivity (Wildman–Crippen MR) is 137 cm³/mol. The fraction of sp³-hybridized carbons (Fsp3) is 0.478. The molecule has 1 saturated heterocycles. The highest BCUT2D eigenvalue weighted by Gasteiger charge is 2.21. The van der Waals surface area contributed by atoms with Crippen molar-refractivity contribution in [2.45, 2.75) is 26.2 Å². The third-order valence-corrected chi connectivity index (χ3v) is 5.50. The van der Waals surface area contributed by atoms with Crippen molar-refractivity contribution >= 4 is 41.5 Å². The van der Waals surface area contributed by atoms with E-state index in [0.717, 1.165) is 51.5 Å². The largest absolute Gasteiger partial charge is 0.357 e. The van der Waals surface area contributed by atoms with Gasteiger partial charge in [0.15, 0.2) is 5.96 Å². The van der Waals surface area contributed by atoms with E-state index in [-0.39, 0.29) is 24.0 Å².